The van der Waals surface area contributed by atoms with Gasteiger partial charge in [0.25, 0.3) is 0 Å². The molecule has 116 valence electrons. The van der Waals surface area contributed by atoms with Gasteiger partial charge in [0.15, 0.2) is 0 Å². The van der Waals surface area contributed by atoms with E-state index in [9.17, 15) is 9.59 Å². The fourth-order valence-electron chi connectivity index (χ4n) is 1.90. The number of carbonyl (C=O) groups is 2. The largest absolute Gasteiger partial charge is 0.347 e. The van der Waals surface area contributed by atoms with E-state index in [0.717, 1.165) is 11.4 Å². The van der Waals surface area contributed by atoms with Crippen LogP contribution < -0.4 is 10.6 Å². The Morgan fingerprint density at radius 2 is 1.86 bits per heavy atom. The zero-order valence-corrected chi connectivity index (χ0v) is 13.2. The number of carbonyl (C=O) groups excluding carboxylic acids is 2. The summed E-state index contributed by atoms with van der Waals surface area (Å²) in [5.74, 6) is 1.10. The molecule has 6 heteroatoms. The fourth-order valence-corrected chi connectivity index (χ4v) is 2.68. The van der Waals surface area contributed by atoms with Gasteiger partial charge in [-0.3, -0.25) is 9.59 Å². The lowest BCUT2D eigenvalue weighted by Crippen LogP contribution is -2.19. The lowest BCUT2D eigenvalue weighted by atomic mass is 10.2. The topological polar surface area (TPSA) is 63.1 Å². The smallest absolute Gasteiger partial charge is 0.225 e. The van der Waals surface area contributed by atoms with Gasteiger partial charge in [-0.1, -0.05) is 12.1 Å². The minimum Gasteiger partial charge on any atom is -0.347 e. The summed E-state index contributed by atoms with van der Waals surface area (Å²) >= 11 is 1.52. The van der Waals surface area contributed by atoms with Crippen molar-refractivity contribution < 1.29 is 9.59 Å². The van der Waals surface area contributed by atoms with Gasteiger partial charge in [-0.05, 0) is 24.3 Å². The van der Waals surface area contributed by atoms with Crippen molar-refractivity contribution in [3.05, 3.63) is 48.8 Å². The van der Waals surface area contributed by atoms with Gasteiger partial charge in [0, 0.05) is 31.5 Å². The van der Waals surface area contributed by atoms with Crippen molar-refractivity contribution in [3.8, 4) is 5.69 Å². The minimum atomic E-state index is -0.0578. The van der Waals surface area contributed by atoms with Crippen molar-refractivity contribution in [1.82, 2.24) is 9.88 Å². The first kappa shape index (κ1) is 16.2. The van der Waals surface area contributed by atoms with Gasteiger partial charge in [0.2, 0.25) is 11.8 Å². The molecule has 1 aromatic heterocycles. The highest BCUT2D eigenvalue weighted by atomic mass is 32.2. The Kier molecular flexibility index (Phi) is 6.09. The lowest BCUT2D eigenvalue weighted by molar-refractivity contribution is -0.118. The minimum absolute atomic E-state index is 0.0325. The number of hydrogen-bond donors (Lipinski definition) is 2. The highest BCUT2D eigenvalue weighted by molar-refractivity contribution is 7.99. The van der Waals surface area contributed by atoms with Gasteiger partial charge < -0.3 is 15.2 Å². The fraction of sp³-hybridized carbons (Fsp3) is 0.250. The molecule has 0 saturated carbocycles. The molecule has 2 aromatic rings. The van der Waals surface area contributed by atoms with E-state index in [0.29, 0.717) is 18.1 Å². The molecule has 2 rings (SSSR count). The SMILES string of the molecule is CC(=O)NCSCCC(=O)Nc1ccccc1-n1cccc1. The molecule has 0 atom stereocenters. The molecule has 2 amide bonds. The summed E-state index contributed by atoms with van der Waals surface area (Å²) in [4.78, 5) is 22.7. The van der Waals surface area contributed by atoms with Crippen molar-refractivity contribution >= 4 is 29.3 Å². The molecule has 0 aliphatic rings. The van der Waals surface area contributed by atoms with Crippen molar-refractivity contribution in [3.63, 3.8) is 0 Å². The number of amides is 2. The third-order valence-electron chi connectivity index (χ3n) is 2.96. The van der Waals surface area contributed by atoms with Crippen LogP contribution in [0.3, 0.4) is 0 Å². The van der Waals surface area contributed by atoms with Gasteiger partial charge in [0.1, 0.15) is 0 Å². The maximum absolute atomic E-state index is 12.0. The molecule has 0 bridgehead atoms. The third kappa shape index (κ3) is 4.96. The van der Waals surface area contributed by atoms with Crippen LogP contribution in [-0.4, -0.2) is 28.0 Å². The van der Waals surface area contributed by atoms with Crippen LogP contribution in [0.4, 0.5) is 5.69 Å². The molecule has 0 aliphatic heterocycles. The van der Waals surface area contributed by atoms with Crippen LogP contribution in [0.2, 0.25) is 0 Å². The Labute approximate surface area is 134 Å². The molecule has 0 fully saturated rings. The Balaban J connectivity index is 1.86. The van der Waals surface area contributed by atoms with Gasteiger partial charge in [-0.2, -0.15) is 0 Å². The van der Waals surface area contributed by atoms with E-state index in [1.807, 2.05) is 53.4 Å². The standard InChI is InChI=1S/C16H19N3O2S/c1-13(20)17-12-22-11-8-16(21)18-14-6-2-3-7-15(14)19-9-4-5-10-19/h2-7,9-10H,8,11-12H2,1H3,(H,17,20)(H,18,21). The lowest BCUT2D eigenvalue weighted by Gasteiger charge is -2.12. The van der Waals surface area contributed by atoms with Gasteiger partial charge in [0.05, 0.1) is 17.3 Å². The van der Waals surface area contributed by atoms with Gasteiger partial charge in [-0.25, -0.2) is 0 Å². The first-order chi connectivity index (χ1) is 10.7. The predicted molar refractivity (Wildman–Crippen MR) is 90.2 cm³/mol. The van der Waals surface area contributed by atoms with E-state index in [1.54, 1.807) is 0 Å². The normalized spacial score (nSPS) is 10.2. The van der Waals surface area contributed by atoms with Crippen LogP contribution in [0.5, 0.6) is 0 Å². The summed E-state index contributed by atoms with van der Waals surface area (Å²) in [5.41, 5.74) is 1.72. The molecular weight excluding hydrogens is 298 g/mol. The van der Waals surface area contributed by atoms with E-state index in [1.165, 1.54) is 18.7 Å². The Hall–Kier alpha value is -2.21. The molecule has 0 spiro atoms. The molecule has 0 aliphatic carbocycles. The number of hydrogen-bond acceptors (Lipinski definition) is 3. The summed E-state index contributed by atoms with van der Waals surface area (Å²) in [7, 11) is 0. The molecule has 1 heterocycles. The molecule has 0 unspecified atom stereocenters. The highest BCUT2D eigenvalue weighted by Crippen LogP contribution is 2.20. The number of nitrogens with one attached hydrogen (secondary N) is 2. The van der Waals surface area contributed by atoms with Crippen LogP contribution in [0.25, 0.3) is 5.69 Å². The maximum atomic E-state index is 12.0. The molecular formula is C16H19N3O2S. The van der Waals surface area contributed by atoms with Gasteiger partial charge in [-0.15, -0.1) is 11.8 Å². The van der Waals surface area contributed by atoms with Crippen LogP contribution in [-0.2, 0) is 9.59 Å². The Morgan fingerprint density at radius 1 is 1.14 bits per heavy atom. The second-order valence-electron chi connectivity index (χ2n) is 4.69. The van der Waals surface area contributed by atoms with E-state index < -0.39 is 0 Å². The summed E-state index contributed by atoms with van der Waals surface area (Å²) in [6, 6.07) is 11.6. The average Bonchev–Trinajstić information content (AvgIpc) is 3.01. The third-order valence-corrected chi connectivity index (χ3v) is 3.80. The van der Waals surface area contributed by atoms with Crippen LogP contribution in [0.1, 0.15) is 13.3 Å². The van der Waals surface area contributed by atoms with Crippen molar-refractivity contribution in [1.29, 1.82) is 0 Å². The zero-order chi connectivity index (χ0) is 15.8. The number of anilines is 1. The Morgan fingerprint density at radius 3 is 2.59 bits per heavy atom. The summed E-state index contributed by atoms with van der Waals surface area (Å²) in [6.45, 7) is 1.48. The van der Waals surface area contributed by atoms with E-state index in [-0.39, 0.29) is 11.8 Å². The van der Waals surface area contributed by atoms with E-state index in [4.69, 9.17) is 0 Å². The summed E-state index contributed by atoms with van der Waals surface area (Å²) < 4.78 is 1.96. The maximum Gasteiger partial charge on any atom is 0.225 e. The van der Waals surface area contributed by atoms with E-state index in [2.05, 4.69) is 10.6 Å². The number of thioether (sulfide) groups is 1. The van der Waals surface area contributed by atoms with Crippen molar-refractivity contribution in [2.24, 2.45) is 0 Å². The number of para-hydroxylation sites is 2. The second kappa shape index (κ2) is 8.29. The Bertz CT molecular complexity index is 626. The van der Waals surface area contributed by atoms with Crippen molar-refractivity contribution in [2.75, 3.05) is 16.9 Å². The number of benzene rings is 1. The first-order valence-corrected chi connectivity index (χ1v) is 8.16. The van der Waals surface area contributed by atoms with Gasteiger partial charge >= 0.3 is 0 Å². The average molecular weight is 317 g/mol. The van der Waals surface area contributed by atoms with Crippen LogP contribution in [0, 0.1) is 0 Å². The molecule has 22 heavy (non-hydrogen) atoms. The summed E-state index contributed by atoms with van der Waals surface area (Å²) in [6.07, 6.45) is 4.28. The molecule has 1 aromatic carbocycles. The predicted octanol–water partition coefficient (Wildman–Crippen LogP) is 2.63. The van der Waals surface area contributed by atoms with E-state index >= 15 is 0 Å². The second-order valence-corrected chi connectivity index (χ2v) is 5.80. The number of aromatic nitrogens is 1. The molecule has 5 nitrogen and oxygen atoms in total. The molecule has 0 radical (unpaired) electrons. The molecule has 0 saturated heterocycles. The molecule has 2 N–H and O–H groups in total. The number of nitrogens with zero attached hydrogens (tertiary/aromatic N) is 1. The quantitative estimate of drug-likeness (QED) is 0.609. The summed E-state index contributed by atoms with van der Waals surface area (Å²) in [5, 5.41) is 5.62. The highest BCUT2D eigenvalue weighted by Gasteiger charge is 2.07. The van der Waals surface area contributed by atoms with Crippen molar-refractivity contribution in [2.45, 2.75) is 13.3 Å². The monoisotopic (exact) mass is 317 g/mol. The van der Waals surface area contributed by atoms with Crippen LogP contribution >= 0.6 is 11.8 Å². The van der Waals surface area contributed by atoms with Crippen LogP contribution in [0.15, 0.2) is 48.8 Å². The zero-order valence-electron chi connectivity index (χ0n) is 12.4. The number of rotatable bonds is 7. The first-order valence-electron chi connectivity index (χ1n) is 7.01.